The predicted octanol–water partition coefficient (Wildman–Crippen LogP) is 7.11. The van der Waals surface area contributed by atoms with Crippen molar-refractivity contribution in [3.63, 3.8) is 0 Å². The second-order valence-corrected chi connectivity index (χ2v) is 11.0. The number of hydrogen-bond donors (Lipinski definition) is 1. The van der Waals surface area contributed by atoms with E-state index in [4.69, 9.17) is 9.64 Å². The van der Waals surface area contributed by atoms with Crippen molar-refractivity contribution in [2.24, 2.45) is 0 Å². The largest absolute Gasteiger partial charge is 0.427 e. The zero-order chi connectivity index (χ0) is 25.3. The van der Waals surface area contributed by atoms with Gasteiger partial charge in [-0.1, -0.05) is 84.9 Å². The lowest BCUT2D eigenvalue weighted by Crippen LogP contribution is -2.49. The Morgan fingerprint density at radius 2 is 1.28 bits per heavy atom. The first-order valence-corrected chi connectivity index (χ1v) is 12.9. The van der Waals surface area contributed by atoms with Gasteiger partial charge in [-0.2, -0.15) is 0 Å². The highest BCUT2D eigenvalue weighted by Gasteiger charge is 2.36. The number of hydrogen-bond acceptors (Lipinski definition) is 4. The van der Waals surface area contributed by atoms with Crippen molar-refractivity contribution in [2.75, 3.05) is 0 Å². The lowest BCUT2D eigenvalue weighted by molar-refractivity contribution is -0.0893. The van der Waals surface area contributed by atoms with Crippen LogP contribution < -0.4 is 5.46 Å². The van der Waals surface area contributed by atoms with Crippen LogP contribution in [0, 0.1) is 0 Å². The van der Waals surface area contributed by atoms with E-state index in [-0.39, 0.29) is 0 Å². The molecule has 179 valence electrons. The maximum Gasteiger partial charge on any atom is 0.331 e. The lowest BCUT2D eigenvalue weighted by atomic mass is 9.78. The molecular weight excluding hydrogens is 461 g/mol. The number of fused-ring (bicyclic) bond motifs is 1. The summed E-state index contributed by atoms with van der Waals surface area (Å²) in [5.74, 6) is 0. The first-order chi connectivity index (χ1) is 17.2. The molecule has 0 fully saturated rings. The van der Waals surface area contributed by atoms with Gasteiger partial charge in [-0.25, -0.2) is 4.98 Å². The van der Waals surface area contributed by atoms with Gasteiger partial charge in [0.2, 0.25) is 0 Å². The highest BCUT2D eigenvalue weighted by molar-refractivity contribution is 7.21. The molecule has 1 aromatic heterocycles. The van der Waals surface area contributed by atoms with E-state index in [1.54, 1.807) is 32.7 Å². The van der Waals surface area contributed by atoms with Gasteiger partial charge in [-0.15, -0.1) is 11.3 Å². The van der Waals surface area contributed by atoms with Crippen molar-refractivity contribution in [2.45, 2.75) is 38.9 Å². The first kappa shape index (κ1) is 24.4. The molecular formula is C31H29BNO2S. The molecule has 5 rings (SSSR count). The second kappa shape index (κ2) is 9.66. The average molecular weight is 490 g/mol. The zero-order valence-electron chi connectivity index (χ0n) is 21.0. The van der Waals surface area contributed by atoms with Crippen LogP contribution in [-0.2, 0) is 4.65 Å². The van der Waals surface area contributed by atoms with Crippen molar-refractivity contribution in [3.8, 4) is 32.8 Å². The Kier molecular flexibility index (Phi) is 6.56. The molecule has 0 amide bonds. The third-order valence-electron chi connectivity index (χ3n) is 6.87. The Hall–Kier alpha value is -3.25. The maximum absolute atomic E-state index is 10.5. The molecule has 4 aromatic carbocycles. The van der Waals surface area contributed by atoms with E-state index < -0.39 is 11.2 Å². The summed E-state index contributed by atoms with van der Waals surface area (Å²) in [6.07, 6.45) is 0. The Morgan fingerprint density at radius 1 is 0.694 bits per heavy atom. The molecule has 36 heavy (non-hydrogen) atoms. The molecule has 0 aliphatic carbocycles. The van der Waals surface area contributed by atoms with Crippen LogP contribution in [0.3, 0.4) is 0 Å². The molecule has 0 aliphatic heterocycles. The third kappa shape index (κ3) is 4.87. The highest BCUT2D eigenvalue weighted by Crippen LogP contribution is 2.35. The topological polar surface area (TPSA) is 42.4 Å². The van der Waals surface area contributed by atoms with Crippen LogP contribution in [0.1, 0.15) is 27.7 Å². The van der Waals surface area contributed by atoms with Crippen molar-refractivity contribution in [1.82, 2.24) is 4.98 Å². The Balaban J connectivity index is 1.47. The summed E-state index contributed by atoms with van der Waals surface area (Å²) in [4.78, 5) is 4.80. The smallest absolute Gasteiger partial charge is 0.331 e. The van der Waals surface area contributed by atoms with Crippen LogP contribution in [0.25, 0.3) is 43.0 Å². The molecule has 0 unspecified atom stereocenters. The van der Waals surface area contributed by atoms with Gasteiger partial charge < -0.3 is 9.76 Å². The molecule has 1 N–H and O–H groups in total. The number of thiazole rings is 1. The fourth-order valence-electron chi connectivity index (χ4n) is 3.96. The quantitative estimate of drug-likeness (QED) is 0.247. The minimum Gasteiger partial charge on any atom is -0.427 e. The van der Waals surface area contributed by atoms with Crippen LogP contribution >= 0.6 is 11.3 Å². The molecule has 0 saturated heterocycles. The van der Waals surface area contributed by atoms with Crippen molar-refractivity contribution >= 4 is 34.5 Å². The molecule has 0 atom stereocenters. The summed E-state index contributed by atoms with van der Waals surface area (Å²) in [5, 5.41) is 11.5. The number of aliphatic hydroxyl groups is 1. The van der Waals surface area contributed by atoms with Crippen molar-refractivity contribution in [3.05, 3.63) is 97.1 Å². The lowest BCUT2D eigenvalue weighted by Gasteiger charge is -2.37. The SMILES string of the molecule is CC(C)(O)C(C)(C)O[B]c1ccccc1-c1ccccc1-c1ccc(-c2nc3ccccc3s2)cc1. The molecule has 5 aromatic rings. The van der Waals surface area contributed by atoms with Gasteiger partial charge in [-0.3, -0.25) is 0 Å². The third-order valence-corrected chi connectivity index (χ3v) is 7.95. The highest BCUT2D eigenvalue weighted by atomic mass is 32.1. The minimum absolute atomic E-state index is 0.740. The van der Waals surface area contributed by atoms with Crippen LogP contribution in [0.4, 0.5) is 0 Å². The van der Waals surface area contributed by atoms with E-state index in [0.717, 1.165) is 43.8 Å². The zero-order valence-corrected chi connectivity index (χ0v) is 21.8. The molecule has 0 aliphatic rings. The van der Waals surface area contributed by atoms with Gasteiger partial charge in [0.15, 0.2) is 0 Å². The van der Waals surface area contributed by atoms with Crippen molar-refractivity contribution < 1.29 is 9.76 Å². The van der Waals surface area contributed by atoms with Gasteiger partial charge >= 0.3 is 7.48 Å². The molecule has 0 bridgehead atoms. The molecule has 1 radical (unpaired) electrons. The van der Waals surface area contributed by atoms with Crippen LogP contribution in [0.2, 0.25) is 0 Å². The average Bonchev–Trinajstić information content (AvgIpc) is 3.32. The van der Waals surface area contributed by atoms with E-state index in [1.165, 1.54) is 4.70 Å². The number of aromatic nitrogens is 1. The van der Waals surface area contributed by atoms with Crippen LogP contribution in [0.5, 0.6) is 0 Å². The van der Waals surface area contributed by atoms with E-state index >= 15 is 0 Å². The maximum atomic E-state index is 10.5. The predicted molar refractivity (Wildman–Crippen MR) is 153 cm³/mol. The molecule has 1 heterocycles. The van der Waals surface area contributed by atoms with Gasteiger partial charge in [0, 0.05) is 5.56 Å². The van der Waals surface area contributed by atoms with Crippen molar-refractivity contribution in [1.29, 1.82) is 0 Å². The summed E-state index contributed by atoms with van der Waals surface area (Å²) in [5.41, 5.74) is 5.89. The van der Waals surface area contributed by atoms with Crippen LogP contribution in [0.15, 0.2) is 97.1 Å². The summed E-state index contributed by atoms with van der Waals surface area (Å²) < 4.78 is 7.30. The Bertz CT molecular complexity index is 1470. The standard InChI is InChI=1S/C31H29BNO2S/c1-30(2,34)31(3,4)35-32-26-14-8-7-13-25(26)24-12-6-5-11-23(24)21-17-19-22(20-18-21)29-33-27-15-9-10-16-28(27)36-29/h5-20,34H,1-4H3. The molecule has 0 spiro atoms. The fourth-order valence-corrected chi connectivity index (χ4v) is 4.93. The summed E-state index contributed by atoms with van der Waals surface area (Å²) in [6.45, 7) is 7.32. The second-order valence-electron chi connectivity index (χ2n) is 10.0. The van der Waals surface area contributed by atoms with E-state index in [0.29, 0.717) is 0 Å². The van der Waals surface area contributed by atoms with Gasteiger partial charge in [0.1, 0.15) is 5.01 Å². The normalized spacial score (nSPS) is 12.1. The monoisotopic (exact) mass is 490 g/mol. The van der Waals surface area contributed by atoms with E-state index in [9.17, 15) is 5.11 Å². The summed E-state index contributed by atoms with van der Waals surface area (Å²) in [6, 6.07) is 33.5. The van der Waals surface area contributed by atoms with E-state index in [1.807, 2.05) is 38.1 Å². The van der Waals surface area contributed by atoms with Crippen LogP contribution in [-0.4, -0.2) is 28.8 Å². The summed E-state index contributed by atoms with van der Waals surface area (Å²) in [7, 11) is 1.76. The Morgan fingerprint density at radius 3 is 1.97 bits per heavy atom. The number of rotatable bonds is 7. The number of benzene rings is 4. The van der Waals surface area contributed by atoms with E-state index in [2.05, 4.69) is 72.8 Å². The minimum atomic E-state index is -0.985. The molecule has 3 nitrogen and oxygen atoms in total. The molecule has 0 saturated carbocycles. The first-order valence-electron chi connectivity index (χ1n) is 12.1. The fraction of sp³-hybridized carbons (Fsp3) is 0.194. The number of para-hydroxylation sites is 1. The Labute approximate surface area is 217 Å². The summed E-state index contributed by atoms with van der Waals surface area (Å²) >= 11 is 1.72. The molecule has 5 heteroatoms. The van der Waals surface area contributed by atoms with Gasteiger partial charge in [0.25, 0.3) is 0 Å². The number of nitrogens with zero attached hydrogens (tertiary/aromatic N) is 1. The van der Waals surface area contributed by atoms with Gasteiger partial charge in [-0.05, 0) is 67.5 Å². The van der Waals surface area contributed by atoms with Gasteiger partial charge in [0.05, 0.1) is 21.4 Å².